The summed E-state index contributed by atoms with van der Waals surface area (Å²) in [7, 11) is 0. The number of hydrogen-bond donors (Lipinski definition) is 0. The summed E-state index contributed by atoms with van der Waals surface area (Å²) in [6.45, 7) is 5.98. The van der Waals surface area contributed by atoms with Crippen molar-refractivity contribution in [2.24, 2.45) is 0 Å². The molecule has 0 radical (unpaired) electrons. The molecule has 2 aromatic rings. The molecular weight excluding hydrogens is 384 g/mol. The molecule has 0 aliphatic carbocycles. The molecule has 1 aromatic carbocycles. The summed E-state index contributed by atoms with van der Waals surface area (Å²) in [4.78, 5) is 27.7. The van der Waals surface area contributed by atoms with Crippen molar-refractivity contribution in [1.29, 1.82) is 0 Å². The molecule has 1 saturated heterocycles. The maximum atomic E-state index is 12.6. The van der Waals surface area contributed by atoms with Crippen LogP contribution < -0.4 is 4.74 Å². The summed E-state index contributed by atoms with van der Waals surface area (Å²) in [5.41, 5.74) is 1.38. The van der Waals surface area contributed by atoms with E-state index >= 15 is 0 Å². The molecule has 0 atom stereocenters. The zero-order valence-electron chi connectivity index (χ0n) is 15.9. The number of carbonyl (C=O) groups excluding carboxylic acids is 2. The van der Waals surface area contributed by atoms with Crippen LogP contribution in [-0.2, 0) is 11.5 Å². The summed E-state index contributed by atoms with van der Waals surface area (Å²) in [5, 5.41) is 4.81. The molecular formula is C19H23ClN4O4. The fourth-order valence-corrected chi connectivity index (χ4v) is 3.05. The van der Waals surface area contributed by atoms with E-state index in [0.717, 1.165) is 5.56 Å². The lowest BCUT2D eigenvalue weighted by molar-refractivity contribution is 0.0564. The van der Waals surface area contributed by atoms with Gasteiger partial charge >= 0.3 is 6.09 Å². The second-order valence-electron chi connectivity index (χ2n) is 6.43. The lowest BCUT2D eigenvalue weighted by atomic mass is 10.2. The van der Waals surface area contributed by atoms with E-state index in [0.29, 0.717) is 49.3 Å². The Bertz CT molecular complexity index is 846. The monoisotopic (exact) mass is 406 g/mol. The first kappa shape index (κ1) is 20.0. The molecule has 0 spiro atoms. The largest absolute Gasteiger partial charge is 0.470 e. The van der Waals surface area contributed by atoms with Crippen molar-refractivity contribution in [3.8, 4) is 5.75 Å². The number of aryl methyl sites for hydroxylation is 1. The minimum absolute atomic E-state index is 0.146. The van der Waals surface area contributed by atoms with Crippen LogP contribution in [0, 0.1) is 6.92 Å². The van der Waals surface area contributed by atoms with Gasteiger partial charge in [-0.05, 0) is 37.6 Å². The minimum Gasteiger partial charge on any atom is -0.470 e. The second-order valence-corrected chi connectivity index (χ2v) is 6.83. The number of rotatable bonds is 5. The van der Waals surface area contributed by atoms with Gasteiger partial charge in [-0.1, -0.05) is 17.7 Å². The number of halogens is 1. The summed E-state index contributed by atoms with van der Waals surface area (Å²) in [6.07, 6.45) is 1.34. The van der Waals surface area contributed by atoms with Gasteiger partial charge in [-0.2, -0.15) is 5.10 Å². The predicted octanol–water partition coefficient (Wildman–Crippen LogP) is 2.80. The third-order valence-corrected chi connectivity index (χ3v) is 4.70. The number of ether oxygens (including phenoxy) is 2. The molecule has 0 saturated carbocycles. The Balaban J connectivity index is 1.54. The van der Waals surface area contributed by atoms with Crippen LogP contribution in [0.1, 0.15) is 23.0 Å². The van der Waals surface area contributed by atoms with Crippen molar-refractivity contribution in [1.82, 2.24) is 19.6 Å². The van der Waals surface area contributed by atoms with Crippen molar-refractivity contribution < 1.29 is 19.1 Å². The highest BCUT2D eigenvalue weighted by Crippen LogP contribution is 2.25. The van der Waals surface area contributed by atoms with Crippen LogP contribution in [0.5, 0.6) is 5.75 Å². The molecule has 1 aliphatic rings. The van der Waals surface area contributed by atoms with Crippen molar-refractivity contribution >= 4 is 23.6 Å². The van der Waals surface area contributed by atoms with Crippen LogP contribution in [0.2, 0.25) is 5.02 Å². The van der Waals surface area contributed by atoms with Crippen LogP contribution >= 0.6 is 11.6 Å². The first-order chi connectivity index (χ1) is 13.5. The van der Waals surface area contributed by atoms with Gasteiger partial charge in [0.15, 0.2) is 12.4 Å². The van der Waals surface area contributed by atoms with E-state index in [2.05, 4.69) is 5.10 Å². The van der Waals surface area contributed by atoms with Crippen molar-refractivity contribution in [3.63, 3.8) is 0 Å². The number of piperazine rings is 1. The average molecular weight is 407 g/mol. The smallest absolute Gasteiger partial charge is 0.409 e. The molecule has 2 amide bonds. The Morgan fingerprint density at radius 1 is 1.14 bits per heavy atom. The van der Waals surface area contributed by atoms with Crippen molar-refractivity contribution in [2.45, 2.75) is 20.6 Å². The Morgan fingerprint density at radius 3 is 2.57 bits per heavy atom. The number of carbonyl (C=O) groups is 2. The van der Waals surface area contributed by atoms with E-state index < -0.39 is 0 Å². The Kier molecular flexibility index (Phi) is 6.41. The maximum Gasteiger partial charge on any atom is 0.409 e. The Labute approximate surface area is 168 Å². The van der Waals surface area contributed by atoms with E-state index in [-0.39, 0.29) is 18.7 Å². The van der Waals surface area contributed by atoms with Gasteiger partial charge in [-0.25, -0.2) is 9.48 Å². The molecule has 1 aliphatic heterocycles. The van der Waals surface area contributed by atoms with Crippen LogP contribution in [0.3, 0.4) is 0 Å². The SMILES string of the molecule is CCOC(=O)N1CCN(C(=O)c2ccn(COc3cc(C)ccc3Cl)n2)CC1. The summed E-state index contributed by atoms with van der Waals surface area (Å²) < 4.78 is 12.2. The minimum atomic E-state index is -0.342. The lowest BCUT2D eigenvalue weighted by Gasteiger charge is -2.33. The molecule has 28 heavy (non-hydrogen) atoms. The number of nitrogens with zero attached hydrogens (tertiary/aromatic N) is 4. The number of benzene rings is 1. The lowest BCUT2D eigenvalue weighted by Crippen LogP contribution is -2.50. The standard InChI is InChI=1S/C19H23ClN4O4/c1-3-27-19(26)23-10-8-22(9-11-23)18(25)16-6-7-24(21-16)13-28-17-12-14(2)4-5-15(17)20/h4-7,12H,3,8-11,13H2,1-2H3. The van der Waals surface area contributed by atoms with Gasteiger partial charge in [-0.15, -0.1) is 0 Å². The molecule has 150 valence electrons. The molecule has 8 nitrogen and oxygen atoms in total. The number of amides is 2. The van der Waals surface area contributed by atoms with E-state index in [1.54, 1.807) is 39.7 Å². The predicted molar refractivity (Wildman–Crippen MR) is 104 cm³/mol. The van der Waals surface area contributed by atoms with Gasteiger partial charge in [0, 0.05) is 32.4 Å². The fraction of sp³-hybridized carbons (Fsp3) is 0.421. The average Bonchev–Trinajstić information content (AvgIpc) is 3.17. The highest BCUT2D eigenvalue weighted by atomic mass is 35.5. The highest BCUT2D eigenvalue weighted by molar-refractivity contribution is 6.32. The van der Waals surface area contributed by atoms with Gasteiger partial charge in [-0.3, -0.25) is 4.79 Å². The molecule has 0 bridgehead atoms. The zero-order chi connectivity index (χ0) is 20.1. The van der Waals surface area contributed by atoms with Gasteiger partial charge in [0.2, 0.25) is 0 Å². The first-order valence-corrected chi connectivity index (χ1v) is 9.49. The third-order valence-electron chi connectivity index (χ3n) is 4.39. The zero-order valence-corrected chi connectivity index (χ0v) is 16.7. The van der Waals surface area contributed by atoms with E-state index in [4.69, 9.17) is 21.1 Å². The van der Waals surface area contributed by atoms with Crippen LogP contribution in [-0.4, -0.2) is 64.4 Å². The van der Waals surface area contributed by atoms with E-state index in [9.17, 15) is 9.59 Å². The van der Waals surface area contributed by atoms with Gasteiger partial charge < -0.3 is 19.3 Å². The number of aromatic nitrogens is 2. The van der Waals surface area contributed by atoms with E-state index in [1.165, 1.54) is 0 Å². The number of hydrogen-bond acceptors (Lipinski definition) is 5. The summed E-state index contributed by atoms with van der Waals surface area (Å²) >= 11 is 6.12. The topological polar surface area (TPSA) is 76.9 Å². The molecule has 0 unspecified atom stereocenters. The molecule has 2 heterocycles. The van der Waals surface area contributed by atoms with Gasteiger partial charge in [0.1, 0.15) is 5.75 Å². The summed E-state index contributed by atoms with van der Waals surface area (Å²) in [5.74, 6) is 0.399. The van der Waals surface area contributed by atoms with Crippen LogP contribution in [0.25, 0.3) is 0 Å². The summed E-state index contributed by atoms with van der Waals surface area (Å²) in [6, 6.07) is 7.18. The second kappa shape index (κ2) is 8.97. The van der Waals surface area contributed by atoms with Gasteiger partial charge in [0.05, 0.1) is 11.6 Å². The van der Waals surface area contributed by atoms with Crippen LogP contribution in [0.4, 0.5) is 4.79 Å². The Morgan fingerprint density at radius 2 is 1.86 bits per heavy atom. The molecule has 9 heteroatoms. The normalized spacial score (nSPS) is 14.1. The molecule has 1 aromatic heterocycles. The van der Waals surface area contributed by atoms with Crippen molar-refractivity contribution in [2.75, 3.05) is 32.8 Å². The van der Waals surface area contributed by atoms with Crippen molar-refractivity contribution in [3.05, 3.63) is 46.7 Å². The fourth-order valence-electron chi connectivity index (χ4n) is 2.87. The van der Waals surface area contributed by atoms with E-state index in [1.807, 2.05) is 19.1 Å². The third kappa shape index (κ3) is 4.75. The highest BCUT2D eigenvalue weighted by Gasteiger charge is 2.26. The molecule has 1 fully saturated rings. The van der Waals surface area contributed by atoms with Gasteiger partial charge in [0.25, 0.3) is 5.91 Å². The molecule has 3 rings (SSSR count). The van der Waals surface area contributed by atoms with Crippen LogP contribution in [0.15, 0.2) is 30.5 Å². The Hall–Kier alpha value is -2.74. The quantitative estimate of drug-likeness (QED) is 0.763. The molecule has 0 N–H and O–H groups in total. The maximum absolute atomic E-state index is 12.6. The first-order valence-electron chi connectivity index (χ1n) is 9.11.